The number of halogens is 1. The predicted octanol–water partition coefficient (Wildman–Crippen LogP) is 4.48. The maximum atomic E-state index is 13.6. The molecule has 0 bridgehead atoms. The molecule has 5 rings (SSSR count). The van der Waals surface area contributed by atoms with Gasteiger partial charge in [0.2, 0.25) is 5.95 Å². The molecule has 0 radical (unpaired) electrons. The number of carbonyl (C=O) groups excluding carboxylic acids is 2. The average molecular weight is 431 g/mol. The van der Waals surface area contributed by atoms with Crippen LogP contribution in [-0.4, -0.2) is 26.8 Å². The first kappa shape index (κ1) is 19.7. The number of Topliss-reactive ketones (excluding diaryl/α,β-unsaturated/α-hetero) is 1. The zero-order valence-electron chi connectivity index (χ0n) is 17.0. The number of aromatic nitrogens is 2. The molecule has 8 heteroatoms. The van der Waals surface area contributed by atoms with Gasteiger partial charge in [0.25, 0.3) is 5.78 Å². The molecular formula is C24H18FN3O4. The molecule has 0 saturated carbocycles. The quantitative estimate of drug-likeness (QED) is 0.282. The Kier molecular flexibility index (Phi) is 4.62. The third-order valence-corrected chi connectivity index (χ3v) is 5.55. The van der Waals surface area contributed by atoms with Crippen LogP contribution in [0, 0.1) is 5.82 Å². The predicted molar refractivity (Wildman–Crippen MR) is 115 cm³/mol. The minimum Gasteiger partial charge on any atom is -0.507 e. The van der Waals surface area contributed by atoms with Crippen molar-refractivity contribution in [3.8, 4) is 0 Å². The van der Waals surface area contributed by atoms with Crippen LogP contribution in [0.5, 0.6) is 0 Å². The van der Waals surface area contributed by atoms with E-state index in [1.807, 2.05) is 19.1 Å². The summed E-state index contributed by atoms with van der Waals surface area (Å²) >= 11 is 0. The molecule has 0 spiro atoms. The highest BCUT2D eigenvalue weighted by molar-refractivity contribution is 6.51. The number of carbonyl (C=O) groups is 2. The molecule has 32 heavy (non-hydrogen) atoms. The molecule has 1 aliphatic heterocycles. The number of nitrogens with one attached hydrogen (secondary N) is 1. The van der Waals surface area contributed by atoms with E-state index in [0.717, 1.165) is 16.9 Å². The molecule has 1 aliphatic rings. The normalized spacial score (nSPS) is 18.1. The fraction of sp³-hybridized carbons (Fsp3) is 0.125. The third-order valence-electron chi connectivity index (χ3n) is 5.55. The topological polar surface area (TPSA) is 99.4 Å². The SMILES string of the molecule is CCc1ccc(/C(O)=C2\C(=O)C(=O)N(c3nc4ccc(F)cc4[nH]3)C2c2ccco2)cc1. The van der Waals surface area contributed by atoms with Crippen LogP contribution < -0.4 is 4.90 Å². The third kappa shape index (κ3) is 3.08. The lowest BCUT2D eigenvalue weighted by molar-refractivity contribution is -0.132. The number of nitrogens with zero attached hydrogens (tertiary/aromatic N) is 2. The molecule has 4 aromatic rings. The molecule has 1 fully saturated rings. The maximum Gasteiger partial charge on any atom is 0.302 e. The summed E-state index contributed by atoms with van der Waals surface area (Å²) in [5, 5.41) is 11.0. The molecule has 0 aliphatic carbocycles. The summed E-state index contributed by atoms with van der Waals surface area (Å²) in [5.41, 5.74) is 2.16. The van der Waals surface area contributed by atoms with Crippen molar-refractivity contribution in [3.63, 3.8) is 0 Å². The van der Waals surface area contributed by atoms with E-state index in [0.29, 0.717) is 16.6 Å². The molecule has 2 aromatic heterocycles. The minimum absolute atomic E-state index is 0.0504. The number of H-pyrrole nitrogens is 1. The molecule has 1 amide bonds. The van der Waals surface area contributed by atoms with Gasteiger partial charge in [0.15, 0.2) is 0 Å². The van der Waals surface area contributed by atoms with Crippen LogP contribution >= 0.6 is 0 Å². The number of aryl methyl sites for hydroxylation is 1. The molecule has 160 valence electrons. The summed E-state index contributed by atoms with van der Waals surface area (Å²) in [7, 11) is 0. The molecule has 3 heterocycles. The van der Waals surface area contributed by atoms with Gasteiger partial charge in [-0.25, -0.2) is 9.37 Å². The Balaban J connectivity index is 1.68. The molecule has 1 unspecified atom stereocenters. The average Bonchev–Trinajstić information content (AvgIpc) is 3.52. The van der Waals surface area contributed by atoms with Crippen molar-refractivity contribution < 1.29 is 23.5 Å². The van der Waals surface area contributed by atoms with Crippen LogP contribution in [0.25, 0.3) is 16.8 Å². The number of hydrogen-bond donors (Lipinski definition) is 2. The van der Waals surface area contributed by atoms with Crippen LogP contribution in [0.2, 0.25) is 0 Å². The number of aliphatic hydroxyl groups excluding tert-OH is 1. The zero-order chi connectivity index (χ0) is 22.4. The van der Waals surface area contributed by atoms with E-state index in [-0.39, 0.29) is 23.0 Å². The van der Waals surface area contributed by atoms with E-state index in [2.05, 4.69) is 9.97 Å². The van der Waals surface area contributed by atoms with Crippen molar-refractivity contribution >= 4 is 34.4 Å². The summed E-state index contributed by atoms with van der Waals surface area (Å²) in [5.74, 6) is -2.19. The highest BCUT2D eigenvalue weighted by Crippen LogP contribution is 2.41. The van der Waals surface area contributed by atoms with Crippen LogP contribution in [0.15, 0.2) is 70.9 Å². The number of hydrogen-bond acceptors (Lipinski definition) is 5. The zero-order valence-corrected chi connectivity index (χ0v) is 17.0. The first-order valence-corrected chi connectivity index (χ1v) is 10.1. The first-order chi connectivity index (χ1) is 15.5. The molecule has 1 saturated heterocycles. The number of furan rings is 1. The van der Waals surface area contributed by atoms with E-state index < -0.39 is 23.5 Å². The maximum absolute atomic E-state index is 13.6. The smallest absolute Gasteiger partial charge is 0.302 e. The molecule has 2 aromatic carbocycles. The van der Waals surface area contributed by atoms with E-state index >= 15 is 0 Å². The Morgan fingerprint density at radius 2 is 1.97 bits per heavy atom. The van der Waals surface area contributed by atoms with Crippen molar-refractivity contribution in [2.45, 2.75) is 19.4 Å². The highest BCUT2D eigenvalue weighted by atomic mass is 19.1. The van der Waals surface area contributed by atoms with Gasteiger partial charge in [-0.05, 0) is 42.3 Å². The Labute approximate surface area is 181 Å². The second-order valence-corrected chi connectivity index (χ2v) is 7.46. The monoisotopic (exact) mass is 431 g/mol. The van der Waals surface area contributed by atoms with Gasteiger partial charge < -0.3 is 14.5 Å². The summed E-state index contributed by atoms with van der Waals surface area (Å²) in [4.78, 5) is 34.5. The summed E-state index contributed by atoms with van der Waals surface area (Å²) in [6.07, 6.45) is 2.24. The fourth-order valence-electron chi connectivity index (χ4n) is 3.90. The number of aromatic amines is 1. The second-order valence-electron chi connectivity index (χ2n) is 7.46. The second kappa shape index (κ2) is 7.49. The van der Waals surface area contributed by atoms with Gasteiger partial charge in [0, 0.05) is 5.56 Å². The Hall–Kier alpha value is -4.20. The fourth-order valence-corrected chi connectivity index (χ4v) is 3.90. The lowest BCUT2D eigenvalue weighted by atomic mass is 9.98. The van der Waals surface area contributed by atoms with Crippen molar-refractivity contribution in [3.05, 3.63) is 89.1 Å². The molecule has 2 N–H and O–H groups in total. The molecular weight excluding hydrogens is 413 g/mol. The van der Waals surface area contributed by atoms with Crippen LogP contribution in [0.3, 0.4) is 0 Å². The number of fused-ring (bicyclic) bond motifs is 1. The van der Waals surface area contributed by atoms with Gasteiger partial charge in [0.05, 0.1) is 22.9 Å². The van der Waals surface area contributed by atoms with E-state index in [1.54, 1.807) is 24.3 Å². The lowest BCUT2D eigenvalue weighted by Gasteiger charge is -2.20. The Morgan fingerprint density at radius 3 is 2.66 bits per heavy atom. The summed E-state index contributed by atoms with van der Waals surface area (Å²) < 4.78 is 19.2. The Bertz CT molecular complexity index is 1370. The van der Waals surface area contributed by atoms with Crippen LogP contribution in [0.1, 0.15) is 29.9 Å². The summed E-state index contributed by atoms with van der Waals surface area (Å²) in [6, 6.07) is 13.3. The number of aliphatic hydroxyl groups is 1. The van der Waals surface area contributed by atoms with Gasteiger partial charge in [-0.1, -0.05) is 31.2 Å². The van der Waals surface area contributed by atoms with E-state index in [1.165, 1.54) is 24.5 Å². The van der Waals surface area contributed by atoms with E-state index in [9.17, 15) is 19.1 Å². The number of rotatable bonds is 4. The number of benzene rings is 2. The lowest BCUT2D eigenvalue weighted by Crippen LogP contribution is -2.30. The number of anilines is 1. The van der Waals surface area contributed by atoms with Crippen molar-refractivity contribution in [2.24, 2.45) is 0 Å². The van der Waals surface area contributed by atoms with Crippen molar-refractivity contribution in [2.75, 3.05) is 4.90 Å². The number of amides is 1. The van der Waals surface area contributed by atoms with Gasteiger partial charge >= 0.3 is 5.91 Å². The van der Waals surface area contributed by atoms with E-state index in [4.69, 9.17) is 4.42 Å². The van der Waals surface area contributed by atoms with Gasteiger partial charge in [-0.2, -0.15) is 0 Å². The van der Waals surface area contributed by atoms with Crippen molar-refractivity contribution in [1.82, 2.24) is 9.97 Å². The summed E-state index contributed by atoms with van der Waals surface area (Å²) in [6.45, 7) is 2.01. The highest BCUT2D eigenvalue weighted by Gasteiger charge is 2.49. The van der Waals surface area contributed by atoms with Crippen LogP contribution in [-0.2, 0) is 16.0 Å². The molecule has 7 nitrogen and oxygen atoms in total. The number of ketones is 1. The standard InChI is InChI=1S/C24H18FN3O4/c1-2-13-5-7-14(8-6-13)21(29)19-20(18-4-3-11-32-18)28(23(31)22(19)30)24-26-16-10-9-15(25)12-17(16)27-24/h3-12,20,29H,2H2,1H3,(H,26,27)/b21-19+. The van der Waals surface area contributed by atoms with Gasteiger partial charge in [-0.15, -0.1) is 0 Å². The van der Waals surface area contributed by atoms with Gasteiger partial charge in [0.1, 0.15) is 23.4 Å². The van der Waals surface area contributed by atoms with Crippen LogP contribution in [0.4, 0.5) is 10.3 Å². The Morgan fingerprint density at radius 1 is 1.19 bits per heavy atom. The van der Waals surface area contributed by atoms with Crippen molar-refractivity contribution in [1.29, 1.82) is 0 Å². The van der Waals surface area contributed by atoms with Gasteiger partial charge in [-0.3, -0.25) is 14.5 Å². The minimum atomic E-state index is -1.04. The molecule has 1 atom stereocenters. The first-order valence-electron chi connectivity index (χ1n) is 10.1. The largest absolute Gasteiger partial charge is 0.507 e. The number of imidazole rings is 1.